The van der Waals surface area contributed by atoms with E-state index in [1.165, 1.54) is 4.90 Å². The topological polar surface area (TPSA) is 81.8 Å². The van der Waals surface area contributed by atoms with E-state index >= 15 is 0 Å². The lowest BCUT2D eigenvalue weighted by atomic mass is 9.99. The van der Waals surface area contributed by atoms with Gasteiger partial charge in [0.25, 0.3) is 11.8 Å². The number of piperidine rings is 1. The maximum absolute atomic E-state index is 12.7. The first-order valence-electron chi connectivity index (χ1n) is 9.37. The zero-order valence-electron chi connectivity index (χ0n) is 15.1. The van der Waals surface area contributed by atoms with Crippen LogP contribution >= 0.6 is 11.8 Å². The number of hydrogen-bond donors (Lipinski definition) is 2. The van der Waals surface area contributed by atoms with Crippen molar-refractivity contribution in [2.24, 2.45) is 0 Å². The molecule has 3 aliphatic rings. The second-order valence-corrected chi connectivity index (χ2v) is 8.53. The minimum Gasteiger partial charge on any atom is -0.349 e. The number of nitrogens with zero attached hydrogens (tertiary/aromatic N) is 2. The maximum Gasteiger partial charge on any atom is 0.326 e. The maximum atomic E-state index is 12.7. The van der Waals surface area contributed by atoms with Crippen molar-refractivity contribution in [3.63, 3.8) is 0 Å². The molecule has 144 valence electrons. The van der Waals surface area contributed by atoms with E-state index in [-0.39, 0.29) is 23.9 Å². The summed E-state index contributed by atoms with van der Waals surface area (Å²) >= 11 is 1.71. The van der Waals surface area contributed by atoms with Crippen LogP contribution in [-0.4, -0.2) is 70.5 Å². The van der Waals surface area contributed by atoms with Gasteiger partial charge in [-0.1, -0.05) is 18.2 Å². The molecule has 1 atom stereocenters. The van der Waals surface area contributed by atoms with Crippen molar-refractivity contribution in [3.05, 3.63) is 35.9 Å². The second kappa shape index (κ2) is 7.52. The monoisotopic (exact) mass is 388 g/mol. The van der Waals surface area contributed by atoms with Crippen LogP contribution in [0.5, 0.6) is 0 Å². The molecule has 7 nitrogen and oxygen atoms in total. The average Bonchev–Trinajstić information content (AvgIpc) is 3.25. The number of nitrogens with one attached hydrogen (secondary N) is 2. The van der Waals surface area contributed by atoms with E-state index < -0.39 is 5.54 Å². The second-order valence-electron chi connectivity index (χ2n) is 7.42. The standard InChI is InChI=1S/C19H24N4O3S/c24-16(14-4-2-1-3-5-14)20-15-6-9-22(10-7-15)13-23-17(25)19(21-18(23)26)8-11-27-12-19/h1-5,15H,6-13H2,(H,20,24)(H,21,26)/t19-/m0/s1. The smallest absolute Gasteiger partial charge is 0.326 e. The highest BCUT2D eigenvalue weighted by Gasteiger charge is 2.53. The molecule has 0 aromatic heterocycles. The van der Waals surface area contributed by atoms with Crippen LogP contribution in [0.15, 0.2) is 30.3 Å². The predicted octanol–water partition coefficient (Wildman–Crippen LogP) is 1.27. The molecule has 0 radical (unpaired) electrons. The molecule has 4 amide bonds. The molecule has 27 heavy (non-hydrogen) atoms. The number of amides is 4. The Bertz CT molecular complexity index is 728. The van der Waals surface area contributed by atoms with Crippen molar-refractivity contribution in [1.82, 2.24) is 20.4 Å². The zero-order valence-corrected chi connectivity index (χ0v) is 16.0. The van der Waals surface area contributed by atoms with Crippen LogP contribution in [0, 0.1) is 0 Å². The number of likely N-dealkylation sites (tertiary alicyclic amines) is 1. The van der Waals surface area contributed by atoms with Gasteiger partial charge in [-0.15, -0.1) is 0 Å². The van der Waals surface area contributed by atoms with E-state index in [1.54, 1.807) is 23.9 Å². The normalized spacial score (nSPS) is 26.6. The van der Waals surface area contributed by atoms with Crippen LogP contribution in [0.3, 0.4) is 0 Å². The molecule has 8 heteroatoms. The van der Waals surface area contributed by atoms with E-state index in [9.17, 15) is 14.4 Å². The van der Waals surface area contributed by atoms with Gasteiger partial charge in [-0.2, -0.15) is 11.8 Å². The highest BCUT2D eigenvalue weighted by molar-refractivity contribution is 7.99. The van der Waals surface area contributed by atoms with Crippen molar-refractivity contribution >= 4 is 29.6 Å². The Hall–Kier alpha value is -2.06. The van der Waals surface area contributed by atoms with E-state index in [1.807, 2.05) is 18.2 Å². The Kier molecular flexibility index (Phi) is 5.10. The molecule has 3 fully saturated rings. The fourth-order valence-corrected chi connectivity index (χ4v) is 5.24. The molecular formula is C19H24N4O3S. The summed E-state index contributed by atoms with van der Waals surface area (Å²) in [7, 11) is 0. The van der Waals surface area contributed by atoms with Crippen LogP contribution in [0.4, 0.5) is 4.79 Å². The van der Waals surface area contributed by atoms with Crippen molar-refractivity contribution in [2.75, 3.05) is 31.3 Å². The van der Waals surface area contributed by atoms with Crippen LogP contribution < -0.4 is 10.6 Å². The van der Waals surface area contributed by atoms with Crippen molar-refractivity contribution in [2.45, 2.75) is 30.8 Å². The van der Waals surface area contributed by atoms with Gasteiger partial charge >= 0.3 is 6.03 Å². The van der Waals surface area contributed by atoms with E-state index in [4.69, 9.17) is 0 Å². The van der Waals surface area contributed by atoms with Gasteiger partial charge in [0, 0.05) is 30.4 Å². The Morgan fingerprint density at radius 2 is 1.96 bits per heavy atom. The van der Waals surface area contributed by atoms with Crippen molar-refractivity contribution < 1.29 is 14.4 Å². The first kappa shape index (κ1) is 18.3. The van der Waals surface area contributed by atoms with Gasteiger partial charge < -0.3 is 10.6 Å². The number of benzene rings is 1. The summed E-state index contributed by atoms with van der Waals surface area (Å²) in [6.07, 6.45) is 2.33. The SMILES string of the molecule is O=C(NC1CCN(CN2C(=O)N[C@]3(CCSC3)C2=O)CC1)c1ccccc1. The van der Waals surface area contributed by atoms with Crippen LogP contribution in [0.1, 0.15) is 29.6 Å². The summed E-state index contributed by atoms with van der Waals surface area (Å²) in [4.78, 5) is 40.8. The van der Waals surface area contributed by atoms with Crippen molar-refractivity contribution in [1.29, 1.82) is 0 Å². The molecule has 1 spiro atoms. The molecule has 0 aliphatic carbocycles. The summed E-state index contributed by atoms with van der Waals surface area (Å²) in [5, 5.41) is 5.98. The summed E-state index contributed by atoms with van der Waals surface area (Å²) in [6, 6.07) is 9.05. The zero-order chi connectivity index (χ0) is 18.9. The molecular weight excluding hydrogens is 364 g/mol. The van der Waals surface area contributed by atoms with Crippen LogP contribution in [-0.2, 0) is 4.79 Å². The molecule has 0 saturated carbocycles. The average molecular weight is 388 g/mol. The quantitative estimate of drug-likeness (QED) is 0.759. The molecule has 1 aromatic rings. The van der Waals surface area contributed by atoms with Gasteiger partial charge in [0.2, 0.25) is 0 Å². The minimum absolute atomic E-state index is 0.0520. The molecule has 3 aliphatic heterocycles. The predicted molar refractivity (Wildman–Crippen MR) is 103 cm³/mol. The fraction of sp³-hybridized carbons (Fsp3) is 0.526. The lowest BCUT2D eigenvalue weighted by Gasteiger charge is -2.34. The molecule has 3 heterocycles. The summed E-state index contributed by atoms with van der Waals surface area (Å²) < 4.78 is 0. The first-order valence-corrected chi connectivity index (χ1v) is 10.5. The number of hydrogen-bond acceptors (Lipinski definition) is 5. The number of thioether (sulfide) groups is 1. The third kappa shape index (κ3) is 3.68. The van der Waals surface area contributed by atoms with Gasteiger partial charge in [-0.25, -0.2) is 9.69 Å². The lowest BCUT2D eigenvalue weighted by Crippen LogP contribution is -2.50. The molecule has 2 N–H and O–H groups in total. The highest BCUT2D eigenvalue weighted by Crippen LogP contribution is 2.33. The number of rotatable bonds is 4. The highest BCUT2D eigenvalue weighted by atomic mass is 32.2. The van der Waals surface area contributed by atoms with E-state index in [0.717, 1.165) is 31.7 Å². The number of carbonyl (C=O) groups excluding carboxylic acids is 3. The summed E-state index contributed by atoms with van der Waals surface area (Å²) in [5.74, 6) is 1.44. The third-order valence-corrected chi connectivity index (χ3v) is 6.76. The molecule has 0 bridgehead atoms. The van der Waals surface area contributed by atoms with E-state index in [2.05, 4.69) is 15.5 Å². The lowest BCUT2D eigenvalue weighted by molar-refractivity contribution is -0.132. The summed E-state index contributed by atoms with van der Waals surface area (Å²) in [6.45, 7) is 1.83. The van der Waals surface area contributed by atoms with Crippen LogP contribution in [0.25, 0.3) is 0 Å². The van der Waals surface area contributed by atoms with E-state index in [0.29, 0.717) is 24.4 Å². The Balaban J connectivity index is 1.28. The van der Waals surface area contributed by atoms with Crippen LogP contribution in [0.2, 0.25) is 0 Å². The summed E-state index contributed by atoms with van der Waals surface area (Å²) in [5.41, 5.74) is -0.0111. The van der Waals surface area contributed by atoms with Gasteiger partial charge in [0.15, 0.2) is 0 Å². The van der Waals surface area contributed by atoms with Crippen molar-refractivity contribution in [3.8, 4) is 0 Å². The Labute approximate surface area is 162 Å². The third-order valence-electron chi connectivity index (χ3n) is 5.57. The largest absolute Gasteiger partial charge is 0.349 e. The Morgan fingerprint density at radius 1 is 1.22 bits per heavy atom. The van der Waals surface area contributed by atoms with Gasteiger partial charge in [0.1, 0.15) is 5.54 Å². The Morgan fingerprint density at radius 3 is 2.63 bits per heavy atom. The molecule has 1 aromatic carbocycles. The fourth-order valence-electron chi connectivity index (χ4n) is 3.91. The van der Waals surface area contributed by atoms with Gasteiger partial charge in [-0.3, -0.25) is 14.5 Å². The number of carbonyl (C=O) groups is 3. The van der Waals surface area contributed by atoms with Gasteiger partial charge in [-0.05, 0) is 37.1 Å². The van der Waals surface area contributed by atoms with Gasteiger partial charge in [0.05, 0.1) is 6.67 Å². The molecule has 0 unspecified atom stereocenters. The first-order chi connectivity index (χ1) is 13.1. The minimum atomic E-state index is -0.677. The number of urea groups is 1. The molecule has 3 saturated heterocycles. The number of imide groups is 1. The molecule has 4 rings (SSSR count).